The lowest BCUT2D eigenvalue weighted by molar-refractivity contribution is -0.145. The molecule has 0 aromatic rings. The van der Waals surface area contributed by atoms with E-state index in [2.05, 4.69) is 0 Å². The number of amides is 2. The number of hydrogen-bond donors (Lipinski definition) is 2. The number of rotatable bonds is 3. The lowest BCUT2D eigenvalue weighted by atomic mass is 9.97. The third-order valence-corrected chi connectivity index (χ3v) is 3.79. The predicted octanol–water partition coefficient (Wildman–Crippen LogP) is -0.408. The van der Waals surface area contributed by atoms with E-state index in [4.69, 9.17) is 11.5 Å². The van der Waals surface area contributed by atoms with E-state index >= 15 is 0 Å². The molecule has 0 aromatic heterocycles. The lowest BCUT2D eigenvalue weighted by Crippen LogP contribution is -2.53. The minimum Gasteiger partial charge on any atom is -0.368 e. The summed E-state index contributed by atoms with van der Waals surface area (Å²) in [6, 6.07) is -0.412. The highest BCUT2D eigenvalue weighted by Gasteiger charge is 2.52. The van der Waals surface area contributed by atoms with Crippen LogP contribution in [0.15, 0.2) is 0 Å². The average molecular weight is 225 g/mol. The number of piperidine rings is 1. The molecule has 5 nitrogen and oxygen atoms in total. The Kier molecular flexibility index (Phi) is 2.88. The number of likely N-dealkylation sites (tertiary alicyclic amines) is 1. The Morgan fingerprint density at radius 2 is 2.00 bits per heavy atom. The molecule has 2 rings (SSSR count). The van der Waals surface area contributed by atoms with Crippen LogP contribution in [0.5, 0.6) is 0 Å². The molecule has 2 fully saturated rings. The van der Waals surface area contributed by atoms with Crippen molar-refractivity contribution in [3.8, 4) is 0 Å². The minimum absolute atomic E-state index is 0.0403. The van der Waals surface area contributed by atoms with Gasteiger partial charge < -0.3 is 16.4 Å². The van der Waals surface area contributed by atoms with Crippen LogP contribution in [0.25, 0.3) is 0 Å². The highest BCUT2D eigenvalue weighted by Crippen LogP contribution is 2.46. The zero-order valence-corrected chi connectivity index (χ0v) is 9.45. The molecule has 2 amide bonds. The van der Waals surface area contributed by atoms with Crippen LogP contribution in [0.1, 0.15) is 32.1 Å². The summed E-state index contributed by atoms with van der Waals surface area (Å²) in [6.45, 7) is 1.03. The lowest BCUT2D eigenvalue weighted by Gasteiger charge is -2.36. The van der Waals surface area contributed by atoms with E-state index in [0.717, 1.165) is 25.7 Å². The molecule has 0 radical (unpaired) electrons. The number of carbonyl (C=O) groups is 2. The summed E-state index contributed by atoms with van der Waals surface area (Å²) in [6.07, 6.45) is 4.32. The van der Waals surface area contributed by atoms with Crippen molar-refractivity contribution in [1.82, 2.24) is 4.90 Å². The van der Waals surface area contributed by atoms with Crippen molar-refractivity contribution in [3.05, 3.63) is 0 Å². The van der Waals surface area contributed by atoms with Crippen molar-refractivity contribution < 1.29 is 9.59 Å². The number of primary amides is 1. The Labute approximate surface area is 95.1 Å². The average Bonchev–Trinajstić information content (AvgIpc) is 3.09. The van der Waals surface area contributed by atoms with Crippen LogP contribution in [0.4, 0.5) is 0 Å². The molecule has 1 unspecified atom stereocenters. The molecular formula is C11H19N3O2. The normalized spacial score (nSPS) is 27.6. The van der Waals surface area contributed by atoms with Crippen LogP contribution in [-0.4, -0.2) is 35.8 Å². The largest absolute Gasteiger partial charge is 0.368 e. The summed E-state index contributed by atoms with van der Waals surface area (Å²) in [7, 11) is 0. The highest BCUT2D eigenvalue weighted by atomic mass is 16.2. The fraction of sp³-hybridized carbons (Fsp3) is 0.818. The van der Waals surface area contributed by atoms with E-state index in [1.807, 2.05) is 0 Å². The van der Waals surface area contributed by atoms with E-state index in [1.54, 1.807) is 4.90 Å². The fourth-order valence-corrected chi connectivity index (χ4v) is 2.43. The summed E-state index contributed by atoms with van der Waals surface area (Å²) in [5.41, 5.74) is 10.6. The summed E-state index contributed by atoms with van der Waals surface area (Å²) < 4.78 is 0. The van der Waals surface area contributed by atoms with Gasteiger partial charge in [0.25, 0.3) is 0 Å². The third-order valence-electron chi connectivity index (χ3n) is 3.79. The van der Waals surface area contributed by atoms with Crippen LogP contribution in [-0.2, 0) is 9.59 Å². The van der Waals surface area contributed by atoms with Crippen molar-refractivity contribution >= 4 is 11.8 Å². The number of hydrogen-bond acceptors (Lipinski definition) is 3. The standard InChI is InChI=1S/C11H19N3O2/c12-7-11(4-5-11)10(16)14-6-2-1-3-8(14)9(13)15/h8H,1-7,12H2,(H2,13,15). The molecule has 1 aliphatic heterocycles. The SMILES string of the molecule is NCC1(C(=O)N2CCCCC2C(N)=O)CC1. The Morgan fingerprint density at radius 3 is 2.50 bits per heavy atom. The maximum Gasteiger partial charge on any atom is 0.240 e. The first-order chi connectivity index (χ1) is 7.60. The quantitative estimate of drug-likeness (QED) is 0.684. The molecular weight excluding hydrogens is 206 g/mol. The van der Waals surface area contributed by atoms with Gasteiger partial charge in [-0.3, -0.25) is 9.59 Å². The van der Waals surface area contributed by atoms with Crippen molar-refractivity contribution in [2.45, 2.75) is 38.1 Å². The first-order valence-electron chi connectivity index (χ1n) is 5.91. The highest BCUT2D eigenvalue weighted by molar-refractivity contribution is 5.91. The molecule has 16 heavy (non-hydrogen) atoms. The van der Waals surface area contributed by atoms with Crippen molar-refractivity contribution in [2.75, 3.05) is 13.1 Å². The smallest absolute Gasteiger partial charge is 0.240 e. The minimum atomic E-state index is -0.412. The van der Waals surface area contributed by atoms with Gasteiger partial charge in [0.2, 0.25) is 11.8 Å². The van der Waals surface area contributed by atoms with Crippen molar-refractivity contribution in [2.24, 2.45) is 16.9 Å². The summed E-state index contributed by atoms with van der Waals surface area (Å²) in [5.74, 6) is -0.348. The van der Waals surface area contributed by atoms with E-state index in [9.17, 15) is 9.59 Å². The molecule has 4 N–H and O–H groups in total. The Balaban J connectivity index is 2.11. The summed E-state index contributed by atoms with van der Waals surface area (Å²) in [5, 5.41) is 0. The van der Waals surface area contributed by atoms with E-state index in [0.29, 0.717) is 19.5 Å². The topological polar surface area (TPSA) is 89.4 Å². The molecule has 1 aliphatic carbocycles. The van der Waals surface area contributed by atoms with Gasteiger partial charge in [-0.1, -0.05) is 0 Å². The van der Waals surface area contributed by atoms with Gasteiger partial charge in [0.05, 0.1) is 5.41 Å². The van der Waals surface area contributed by atoms with E-state index < -0.39 is 6.04 Å². The molecule has 0 bridgehead atoms. The van der Waals surface area contributed by atoms with Gasteiger partial charge in [0, 0.05) is 13.1 Å². The maximum atomic E-state index is 12.3. The molecule has 90 valence electrons. The van der Waals surface area contributed by atoms with Crippen LogP contribution in [0, 0.1) is 5.41 Å². The number of nitrogens with zero attached hydrogens (tertiary/aromatic N) is 1. The van der Waals surface area contributed by atoms with Gasteiger partial charge in [0.15, 0.2) is 0 Å². The van der Waals surface area contributed by atoms with Gasteiger partial charge in [-0.25, -0.2) is 0 Å². The van der Waals surface area contributed by atoms with E-state index in [1.165, 1.54) is 0 Å². The van der Waals surface area contributed by atoms with Gasteiger partial charge in [-0.2, -0.15) is 0 Å². The Bertz CT molecular complexity index is 312. The van der Waals surface area contributed by atoms with Gasteiger partial charge in [0.1, 0.15) is 6.04 Å². The molecule has 1 saturated carbocycles. The Hall–Kier alpha value is -1.10. The predicted molar refractivity (Wildman–Crippen MR) is 59.3 cm³/mol. The molecule has 1 atom stereocenters. The molecule has 1 heterocycles. The molecule has 1 saturated heterocycles. The maximum absolute atomic E-state index is 12.3. The van der Waals surface area contributed by atoms with Crippen LogP contribution in [0.2, 0.25) is 0 Å². The van der Waals surface area contributed by atoms with Gasteiger partial charge >= 0.3 is 0 Å². The summed E-state index contributed by atoms with van der Waals surface area (Å²) >= 11 is 0. The summed E-state index contributed by atoms with van der Waals surface area (Å²) in [4.78, 5) is 25.2. The van der Waals surface area contributed by atoms with Crippen LogP contribution < -0.4 is 11.5 Å². The monoisotopic (exact) mass is 225 g/mol. The third kappa shape index (κ3) is 1.80. The molecule has 0 spiro atoms. The van der Waals surface area contributed by atoms with Crippen molar-refractivity contribution in [3.63, 3.8) is 0 Å². The first-order valence-corrected chi connectivity index (χ1v) is 5.91. The second kappa shape index (κ2) is 4.05. The van der Waals surface area contributed by atoms with Crippen LogP contribution in [0.3, 0.4) is 0 Å². The first kappa shape index (κ1) is 11.4. The zero-order chi connectivity index (χ0) is 11.8. The number of nitrogens with two attached hydrogens (primary N) is 2. The van der Waals surface area contributed by atoms with Gasteiger partial charge in [-0.05, 0) is 32.1 Å². The molecule has 2 aliphatic rings. The van der Waals surface area contributed by atoms with Gasteiger partial charge in [-0.15, -0.1) is 0 Å². The Morgan fingerprint density at radius 1 is 1.31 bits per heavy atom. The van der Waals surface area contributed by atoms with Crippen molar-refractivity contribution in [1.29, 1.82) is 0 Å². The second-order valence-corrected chi connectivity index (χ2v) is 4.90. The fourth-order valence-electron chi connectivity index (χ4n) is 2.43. The van der Waals surface area contributed by atoms with Crippen LogP contribution >= 0.6 is 0 Å². The molecule has 5 heteroatoms. The van der Waals surface area contributed by atoms with E-state index in [-0.39, 0.29) is 17.2 Å². The second-order valence-electron chi connectivity index (χ2n) is 4.90. The molecule has 0 aromatic carbocycles. The zero-order valence-electron chi connectivity index (χ0n) is 9.45. The number of carbonyl (C=O) groups excluding carboxylic acids is 2.